The van der Waals surface area contributed by atoms with Crippen LogP contribution in [0, 0.1) is 0 Å². The molecule has 0 bridgehead atoms. The zero-order chi connectivity index (χ0) is 43.1. The Kier molecular flexibility index (Phi) is 8.29. The summed E-state index contributed by atoms with van der Waals surface area (Å²) < 4.78 is 6.55. The Morgan fingerprint density at radius 1 is 0.369 bits per heavy atom. The van der Waals surface area contributed by atoms with Crippen LogP contribution in [-0.2, 0) is 10.8 Å². The van der Waals surface area contributed by atoms with Gasteiger partial charge >= 0.3 is 0 Å². The molecule has 2 heteroatoms. The molecule has 0 spiro atoms. The van der Waals surface area contributed by atoms with Gasteiger partial charge in [-0.1, -0.05) is 200 Å². The van der Waals surface area contributed by atoms with Crippen molar-refractivity contribution in [3.8, 4) is 33.4 Å². The van der Waals surface area contributed by atoms with Gasteiger partial charge in [-0.05, 0) is 116 Å². The van der Waals surface area contributed by atoms with Gasteiger partial charge in [0.1, 0.15) is 11.2 Å². The highest BCUT2D eigenvalue weighted by Gasteiger charge is 2.46. The molecule has 11 aromatic rings. The van der Waals surface area contributed by atoms with Crippen molar-refractivity contribution in [1.29, 1.82) is 0 Å². The van der Waals surface area contributed by atoms with Crippen LogP contribution < -0.4 is 4.90 Å². The topological polar surface area (TPSA) is 16.4 Å². The third-order valence-corrected chi connectivity index (χ3v) is 14.4. The van der Waals surface area contributed by atoms with Gasteiger partial charge in [-0.3, -0.25) is 0 Å². The van der Waals surface area contributed by atoms with Crippen LogP contribution in [0.25, 0.3) is 55.3 Å². The molecule has 0 N–H and O–H groups in total. The van der Waals surface area contributed by atoms with Crippen LogP contribution in [0.4, 0.5) is 17.1 Å². The first-order chi connectivity index (χ1) is 32.1. The number of rotatable bonds is 7. The number of benzene rings is 10. The lowest BCUT2D eigenvalue weighted by molar-refractivity contribution is 0.669. The van der Waals surface area contributed by atoms with Crippen molar-refractivity contribution in [2.24, 2.45) is 0 Å². The first kappa shape index (κ1) is 37.4. The van der Waals surface area contributed by atoms with Crippen LogP contribution in [-0.4, -0.2) is 0 Å². The summed E-state index contributed by atoms with van der Waals surface area (Å²) in [5.41, 5.74) is 20.7. The van der Waals surface area contributed by atoms with E-state index in [4.69, 9.17) is 4.42 Å². The minimum atomic E-state index is -0.467. The average molecular weight is 830 g/mol. The normalized spacial score (nSPS) is 15.3. The van der Waals surface area contributed by atoms with Crippen LogP contribution in [0.3, 0.4) is 0 Å². The van der Waals surface area contributed by atoms with E-state index in [1.165, 1.54) is 66.8 Å². The fourth-order valence-corrected chi connectivity index (χ4v) is 11.6. The number of para-hydroxylation sites is 1. The van der Waals surface area contributed by atoms with E-state index in [1.807, 2.05) is 6.07 Å². The van der Waals surface area contributed by atoms with Gasteiger partial charge < -0.3 is 9.32 Å². The quantitative estimate of drug-likeness (QED) is 0.159. The molecule has 2 nitrogen and oxygen atoms in total. The zero-order valence-electron chi connectivity index (χ0n) is 35.9. The van der Waals surface area contributed by atoms with Gasteiger partial charge in [-0.15, -0.1) is 0 Å². The monoisotopic (exact) mass is 829 g/mol. The summed E-state index contributed by atoms with van der Waals surface area (Å²) in [6.07, 6.45) is 0. The molecule has 2 aliphatic carbocycles. The van der Waals surface area contributed by atoms with Gasteiger partial charge in [0, 0.05) is 22.1 Å². The largest absolute Gasteiger partial charge is 0.456 e. The van der Waals surface area contributed by atoms with Crippen molar-refractivity contribution >= 4 is 39.0 Å². The number of hydrogen-bond acceptors (Lipinski definition) is 2. The van der Waals surface area contributed by atoms with Gasteiger partial charge in [0.25, 0.3) is 0 Å². The summed E-state index contributed by atoms with van der Waals surface area (Å²) in [4.78, 5) is 2.47. The second-order valence-corrected chi connectivity index (χ2v) is 17.7. The number of fused-ring (bicyclic) bond motifs is 9. The van der Waals surface area contributed by atoms with Gasteiger partial charge in [0.2, 0.25) is 0 Å². The molecule has 1 aromatic heterocycles. The third-order valence-electron chi connectivity index (χ3n) is 14.4. The summed E-state index contributed by atoms with van der Waals surface area (Å²) in [6.45, 7) is 2.39. The average Bonchev–Trinajstić information content (AvgIpc) is 4.00. The van der Waals surface area contributed by atoms with Crippen molar-refractivity contribution in [2.45, 2.75) is 17.8 Å². The van der Waals surface area contributed by atoms with E-state index in [0.29, 0.717) is 0 Å². The first-order valence-corrected chi connectivity index (χ1v) is 22.6. The Labute approximate surface area is 379 Å². The summed E-state index contributed by atoms with van der Waals surface area (Å²) in [6, 6.07) is 89.1. The second kappa shape index (κ2) is 14.4. The number of furan rings is 1. The molecule has 2 aliphatic rings. The number of hydrogen-bond donors (Lipinski definition) is 0. The van der Waals surface area contributed by atoms with E-state index in [-0.39, 0.29) is 5.41 Å². The number of anilines is 3. The van der Waals surface area contributed by atoms with Crippen molar-refractivity contribution < 1.29 is 4.42 Å². The van der Waals surface area contributed by atoms with Gasteiger partial charge in [-0.2, -0.15) is 0 Å². The van der Waals surface area contributed by atoms with Gasteiger partial charge in [0.15, 0.2) is 0 Å². The lowest BCUT2D eigenvalue weighted by atomic mass is 9.67. The maximum atomic E-state index is 6.55. The maximum absolute atomic E-state index is 6.55. The SMILES string of the molecule is CC1(c2ccccc2)c2ccccc2-c2c(N(c3ccc(-c4ccc5c(c4)C(c4ccccc4)(c4ccccc4)c4ccccc4-5)cc3)c3cccc4oc5ccccc5c34)cccc21. The zero-order valence-corrected chi connectivity index (χ0v) is 35.9. The Bertz CT molecular complexity index is 3570. The first-order valence-electron chi connectivity index (χ1n) is 22.6. The molecule has 13 rings (SSSR count). The fourth-order valence-electron chi connectivity index (χ4n) is 11.6. The highest BCUT2D eigenvalue weighted by Crippen LogP contribution is 2.59. The van der Waals surface area contributed by atoms with Gasteiger partial charge in [0.05, 0.1) is 22.2 Å². The maximum Gasteiger partial charge on any atom is 0.137 e. The standard InChI is InChI=1S/C63H43NO/c1-62(44-19-5-2-6-20-44)52-28-14-12-26-50(52)60-54(62)30-17-31-56(60)64(57-32-18-34-59-61(57)51-27-13-16-33-58(51)65-59)47-38-35-42(36-39-47)43-37-40-49-48-25-11-15-29-53(48)63(55(49)41-43,45-21-7-3-8-22-45)46-23-9-4-10-24-46/h2-41H,1H3. The highest BCUT2D eigenvalue weighted by molar-refractivity contribution is 6.14. The molecule has 306 valence electrons. The summed E-state index contributed by atoms with van der Waals surface area (Å²) in [5, 5.41) is 2.19. The van der Waals surface area contributed by atoms with Crippen LogP contribution >= 0.6 is 0 Å². The third kappa shape index (κ3) is 5.35. The highest BCUT2D eigenvalue weighted by atomic mass is 16.3. The Morgan fingerprint density at radius 2 is 0.908 bits per heavy atom. The molecule has 1 unspecified atom stereocenters. The predicted octanol–water partition coefficient (Wildman–Crippen LogP) is 16.4. The van der Waals surface area contributed by atoms with E-state index >= 15 is 0 Å². The summed E-state index contributed by atoms with van der Waals surface area (Å²) in [7, 11) is 0. The van der Waals surface area contributed by atoms with E-state index in [9.17, 15) is 0 Å². The molecule has 1 heterocycles. The molecule has 1 atom stereocenters. The van der Waals surface area contributed by atoms with Crippen molar-refractivity contribution in [1.82, 2.24) is 0 Å². The molecular formula is C63H43NO. The summed E-state index contributed by atoms with van der Waals surface area (Å²) in [5.74, 6) is 0. The molecule has 65 heavy (non-hydrogen) atoms. The van der Waals surface area contributed by atoms with Crippen molar-refractivity contribution in [3.63, 3.8) is 0 Å². The van der Waals surface area contributed by atoms with Crippen LogP contribution in [0.15, 0.2) is 247 Å². The molecule has 0 amide bonds. The Morgan fingerprint density at radius 3 is 1.65 bits per heavy atom. The smallest absolute Gasteiger partial charge is 0.137 e. The lowest BCUT2D eigenvalue weighted by Crippen LogP contribution is -2.28. The van der Waals surface area contributed by atoms with Crippen LogP contribution in [0.2, 0.25) is 0 Å². The minimum Gasteiger partial charge on any atom is -0.456 e. The van der Waals surface area contributed by atoms with E-state index in [2.05, 4.69) is 248 Å². The second-order valence-electron chi connectivity index (χ2n) is 17.7. The number of nitrogens with zero attached hydrogens (tertiary/aromatic N) is 1. The van der Waals surface area contributed by atoms with Crippen molar-refractivity contribution in [3.05, 3.63) is 282 Å². The molecule has 0 saturated carbocycles. The molecule has 0 aliphatic heterocycles. The molecule has 10 aromatic carbocycles. The van der Waals surface area contributed by atoms with Crippen molar-refractivity contribution in [2.75, 3.05) is 4.90 Å². The molecule has 0 fully saturated rings. The van der Waals surface area contributed by atoms with Crippen LogP contribution in [0.1, 0.15) is 45.9 Å². The molecule has 0 saturated heterocycles. The fraction of sp³-hybridized carbons (Fsp3) is 0.0476. The van der Waals surface area contributed by atoms with E-state index < -0.39 is 5.41 Å². The van der Waals surface area contributed by atoms with E-state index in [0.717, 1.165) is 44.6 Å². The van der Waals surface area contributed by atoms with Crippen LogP contribution in [0.5, 0.6) is 0 Å². The minimum absolute atomic E-state index is 0.338. The Hall–Kier alpha value is -8.20. The Balaban J connectivity index is 1.01. The lowest BCUT2D eigenvalue weighted by Gasteiger charge is -2.34. The van der Waals surface area contributed by atoms with Gasteiger partial charge in [-0.25, -0.2) is 0 Å². The predicted molar refractivity (Wildman–Crippen MR) is 269 cm³/mol. The van der Waals surface area contributed by atoms with E-state index in [1.54, 1.807) is 0 Å². The molecule has 0 radical (unpaired) electrons. The molecular weight excluding hydrogens is 787 g/mol. The summed E-state index contributed by atoms with van der Waals surface area (Å²) >= 11 is 0.